The minimum atomic E-state index is -0.868. The molecule has 108 valence electrons. The number of H-pyrrole nitrogens is 1. The molecule has 0 bridgehead atoms. The molecule has 0 aliphatic heterocycles. The van der Waals surface area contributed by atoms with E-state index in [2.05, 4.69) is 28.5 Å². The molecule has 1 unspecified atom stereocenters. The summed E-state index contributed by atoms with van der Waals surface area (Å²) in [6.07, 6.45) is 1.95. The van der Waals surface area contributed by atoms with Crippen molar-refractivity contribution in [2.45, 2.75) is 19.1 Å². The predicted molar refractivity (Wildman–Crippen MR) is 86.0 cm³/mol. The lowest BCUT2D eigenvalue weighted by atomic mass is 9.96. The molecule has 0 amide bonds. The Bertz CT molecular complexity index is 716. The van der Waals surface area contributed by atoms with Gasteiger partial charge in [-0.25, -0.2) is 0 Å². The first-order valence-corrected chi connectivity index (χ1v) is 7.20. The SMILES string of the molecule is CC(O)(CNCc1cccc2[nH]ccc12)c1ccccc1. The number of hydrogen-bond acceptors (Lipinski definition) is 2. The van der Waals surface area contributed by atoms with Gasteiger partial charge in [-0.3, -0.25) is 0 Å². The topological polar surface area (TPSA) is 48.0 Å². The van der Waals surface area contributed by atoms with Crippen LogP contribution in [0.3, 0.4) is 0 Å². The number of fused-ring (bicyclic) bond motifs is 1. The summed E-state index contributed by atoms with van der Waals surface area (Å²) in [5, 5.41) is 15.2. The van der Waals surface area contributed by atoms with Gasteiger partial charge >= 0.3 is 0 Å². The van der Waals surface area contributed by atoms with Crippen LogP contribution in [0.25, 0.3) is 10.9 Å². The average molecular weight is 280 g/mol. The van der Waals surface area contributed by atoms with Crippen molar-refractivity contribution < 1.29 is 5.11 Å². The highest BCUT2D eigenvalue weighted by atomic mass is 16.3. The Balaban J connectivity index is 1.67. The van der Waals surface area contributed by atoms with Crippen LogP contribution in [-0.4, -0.2) is 16.6 Å². The summed E-state index contributed by atoms with van der Waals surface area (Å²) in [7, 11) is 0. The van der Waals surface area contributed by atoms with Crippen LogP contribution in [0, 0.1) is 0 Å². The van der Waals surface area contributed by atoms with E-state index in [-0.39, 0.29) is 0 Å². The predicted octanol–water partition coefficient (Wildman–Crippen LogP) is 3.17. The lowest BCUT2D eigenvalue weighted by molar-refractivity contribution is 0.0567. The Morgan fingerprint density at radius 1 is 1.05 bits per heavy atom. The van der Waals surface area contributed by atoms with Gasteiger partial charge in [0.15, 0.2) is 0 Å². The molecule has 3 N–H and O–H groups in total. The lowest BCUT2D eigenvalue weighted by Crippen LogP contribution is -2.35. The van der Waals surface area contributed by atoms with Crippen molar-refractivity contribution in [2.24, 2.45) is 0 Å². The minimum Gasteiger partial charge on any atom is -0.384 e. The second kappa shape index (κ2) is 5.72. The van der Waals surface area contributed by atoms with Gasteiger partial charge in [0.2, 0.25) is 0 Å². The highest BCUT2D eigenvalue weighted by Gasteiger charge is 2.22. The number of nitrogens with one attached hydrogen (secondary N) is 2. The smallest absolute Gasteiger partial charge is 0.0992 e. The largest absolute Gasteiger partial charge is 0.384 e. The molecule has 1 atom stereocenters. The van der Waals surface area contributed by atoms with E-state index in [1.54, 1.807) is 0 Å². The monoisotopic (exact) mass is 280 g/mol. The van der Waals surface area contributed by atoms with E-state index in [1.807, 2.05) is 49.5 Å². The molecule has 0 saturated heterocycles. The quantitative estimate of drug-likeness (QED) is 0.672. The molecule has 3 nitrogen and oxygen atoms in total. The van der Waals surface area contributed by atoms with Gasteiger partial charge in [0.25, 0.3) is 0 Å². The van der Waals surface area contributed by atoms with E-state index >= 15 is 0 Å². The molecule has 21 heavy (non-hydrogen) atoms. The van der Waals surface area contributed by atoms with Gasteiger partial charge in [0, 0.05) is 30.2 Å². The molecule has 0 radical (unpaired) electrons. The van der Waals surface area contributed by atoms with Crippen LogP contribution in [-0.2, 0) is 12.1 Å². The van der Waals surface area contributed by atoms with Crippen molar-refractivity contribution in [3.05, 3.63) is 71.9 Å². The van der Waals surface area contributed by atoms with Crippen molar-refractivity contribution in [1.82, 2.24) is 10.3 Å². The van der Waals surface area contributed by atoms with Crippen molar-refractivity contribution in [3.8, 4) is 0 Å². The minimum absolute atomic E-state index is 0.512. The Kier molecular flexibility index (Phi) is 3.78. The van der Waals surface area contributed by atoms with Crippen LogP contribution in [0.15, 0.2) is 60.8 Å². The molecule has 3 aromatic rings. The fraction of sp³-hybridized carbons (Fsp3) is 0.222. The third-order valence-corrected chi connectivity index (χ3v) is 3.87. The van der Waals surface area contributed by atoms with E-state index < -0.39 is 5.60 Å². The van der Waals surface area contributed by atoms with Crippen LogP contribution in [0.1, 0.15) is 18.1 Å². The van der Waals surface area contributed by atoms with Gasteiger partial charge < -0.3 is 15.4 Å². The first-order valence-electron chi connectivity index (χ1n) is 7.20. The van der Waals surface area contributed by atoms with Crippen molar-refractivity contribution >= 4 is 10.9 Å². The standard InChI is InChI=1S/C18H20N2O/c1-18(21,15-7-3-2-4-8-15)13-19-12-14-6-5-9-17-16(14)10-11-20-17/h2-11,19-21H,12-13H2,1H3. The van der Waals surface area contributed by atoms with Gasteiger partial charge in [0.1, 0.15) is 0 Å². The second-order valence-electron chi connectivity index (χ2n) is 5.60. The molecule has 2 aromatic carbocycles. The summed E-state index contributed by atoms with van der Waals surface area (Å²) in [5.74, 6) is 0. The van der Waals surface area contributed by atoms with Gasteiger partial charge in [-0.05, 0) is 30.2 Å². The molecule has 0 spiro atoms. The summed E-state index contributed by atoms with van der Waals surface area (Å²) in [6, 6.07) is 18.1. The molecule has 0 aliphatic rings. The number of benzene rings is 2. The zero-order valence-electron chi connectivity index (χ0n) is 12.1. The van der Waals surface area contributed by atoms with Crippen LogP contribution in [0.5, 0.6) is 0 Å². The number of aromatic amines is 1. The Hall–Kier alpha value is -2.10. The maximum atomic E-state index is 10.6. The van der Waals surface area contributed by atoms with E-state index in [1.165, 1.54) is 10.9 Å². The molecule has 1 heterocycles. The molecule has 3 heteroatoms. The van der Waals surface area contributed by atoms with E-state index in [4.69, 9.17) is 0 Å². The number of hydrogen-bond donors (Lipinski definition) is 3. The Morgan fingerprint density at radius 3 is 2.67 bits per heavy atom. The number of aliphatic hydroxyl groups is 1. The van der Waals surface area contributed by atoms with E-state index in [9.17, 15) is 5.11 Å². The highest BCUT2D eigenvalue weighted by Crippen LogP contribution is 2.20. The summed E-state index contributed by atoms with van der Waals surface area (Å²) in [4.78, 5) is 3.22. The number of aromatic nitrogens is 1. The van der Waals surface area contributed by atoms with Crippen LogP contribution >= 0.6 is 0 Å². The van der Waals surface area contributed by atoms with Crippen molar-refractivity contribution in [1.29, 1.82) is 0 Å². The molecular weight excluding hydrogens is 260 g/mol. The van der Waals surface area contributed by atoms with Crippen LogP contribution < -0.4 is 5.32 Å². The first kappa shape index (κ1) is 13.9. The summed E-state index contributed by atoms with van der Waals surface area (Å²) >= 11 is 0. The molecule has 1 aromatic heterocycles. The molecular formula is C18H20N2O. The maximum absolute atomic E-state index is 10.6. The van der Waals surface area contributed by atoms with Crippen LogP contribution in [0.4, 0.5) is 0 Å². The third kappa shape index (κ3) is 2.99. The van der Waals surface area contributed by atoms with Gasteiger partial charge in [-0.2, -0.15) is 0 Å². The van der Waals surface area contributed by atoms with Gasteiger partial charge in [-0.15, -0.1) is 0 Å². The van der Waals surface area contributed by atoms with E-state index in [0.29, 0.717) is 6.54 Å². The van der Waals surface area contributed by atoms with Crippen molar-refractivity contribution in [2.75, 3.05) is 6.54 Å². The summed E-state index contributed by atoms with van der Waals surface area (Å²) < 4.78 is 0. The summed E-state index contributed by atoms with van der Waals surface area (Å²) in [5.41, 5.74) is 2.44. The first-order chi connectivity index (χ1) is 10.2. The molecule has 0 fully saturated rings. The Morgan fingerprint density at radius 2 is 1.86 bits per heavy atom. The normalized spacial score (nSPS) is 14.2. The Labute approximate surface area is 124 Å². The maximum Gasteiger partial charge on any atom is 0.0992 e. The molecule has 0 aliphatic carbocycles. The molecule has 3 rings (SSSR count). The highest BCUT2D eigenvalue weighted by molar-refractivity contribution is 5.82. The molecule has 0 saturated carbocycles. The van der Waals surface area contributed by atoms with Gasteiger partial charge in [0.05, 0.1) is 5.60 Å². The fourth-order valence-electron chi connectivity index (χ4n) is 2.64. The summed E-state index contributed by atoms with van der Waals surface area (Å²) in [6.45, 7) is 3.09. The van der Waals surface area contributed by atoms with E-state index in [0.717, 1.165) is 17.6 Å². The second-order valence-corrected chi connectivity index (χ2v) is 5.60. The zero-order chi connectivity index (χ0) is 14.7. The average Bonchev–Trinajstić information content (AvgIpc) is 2.97. The lowest BCUT2D eigenvalue weighted by Gasteiger charge is -2.24. The number of rotatable bonds is 5. The van der Waals surface area contributed by atoms with Gasteiger partial charge in [-0.1, -0.05) is 42.5 Å². The fourth-order valence-corrected chi connectivity index (χ4v) is 2.64. The zero-order valence-corrected chi connectivity index (χ0v) is 12.1. The van der Waals surface area contributed by atoms with Crippen molar-refractivity contribution in [3.63, 3.8) is 0 Å². The third-order valence-electron chi connectivity index (χ3n) is 3.87. The van der Waals surface area contributed by atoms with Crippen LogP contribution in [0.2, 0.25) is 0 Å².